The van der Waals surface area contributed by atoms with Crippen LogP contribution in [0.1, 0.15) is 27.1 Å². The standard InChI is InChI=1S/C18H23N3O4S/c1-25-18(24)14-4-2-3-13(8-14)16(22)20-10-12-7-15(19-9-12)17(23)21-5-6-26-11-21/h2-4,8,12,15,19H,5-7,9-11H2,1H3,(H,20,22)/t12-,15-/m0/s1. The summed E-state index contributed by atoms with van der Waals surface area (Å²) in [6.07, 6.45) is 0.725. The monoisotopic (exact) mass is 377 g/mol. The number of methoxy groups -OCH3 is 1. The van der Waals surface area contributed by atoms with Crippen LogP contribution in [-0.4, -0.2) is 67.1 Å². The van der Waals surface area contributed by atoms with E-state index in [2.05, 4.69) is 15.4 Å². The minimum atomic E-state index is -0.471. The third-order valence-corrected chi connectivity index (χ3v) is 5.65. The van der Waals surface area contributed by atoms with Gasteiger partial charge in [0.2, 0.25) is 5.91 Å². The maximum absolute atomic E-state index is 12.4. The molecule has 140 valence electrons. The highest BCUT2D eigenvalue weighted by atomic mass is 32.2. The summed E-state index contributed by atoms with van der Waals surface area (Å²) in [4.78, 5) is 38.2. The predicted molar refractivity (Wildman–Crippen MR) is 99.1 cm³/mol. The number of nitrogens with one attached hydrogen (secondary N) is 2. The van der Waals surface area contributed by atoms with Crippen LogP contribution in [0.25, 0.3) is 0 Å². The van der Waals surface area contributed by atoms with Gasteiger partial charge in [-0.1, -0.05) is 6.07 Å². The maximum atomic E-state index is 12.4. The van der Waals surface area contributed by atoms with Gasteiger partial charge in [0.1, 0.15) is 0 Å². The summed E-state index contributed by atoms with van der Waals surface area (Å²) in [5.74, 6) is 1.45. The van der Waals surface area contributed by atoms with Gasteiger partial charge in [-0.15, -0.1) is 11.8 Å². The molecule has 1 aromatic rings. The van der Waals surface area contributed by atoms with Crippen LogP contribution < -0.4 is 10.6 Å². The van der Waals surface area contributed by atoms with Crippen molar-refractivity contribution in [2.24, 2.45) is 5.92 Å². The van der Waals surface area contributed by atoms with Gasteiger partial charge in [-0.3, -0.25) is 9.59 Å². The molecule has 0 spiro atoms. The second kappa shape index (κ2) is 8.55. The summed E-state index contributed by atoms with van der Waals surface area (Å²) < 4.78 is 4.67. The van der Waals surface area contributed by atoms with E-state index >= 15 is 0 Å². The Morgan fingerprint density at radius 1 is 1.35 bits per heavy atom. The first-order valence-corrected chi connectivity index (χ1v) is 9.80. The van der Waals surface area contributed by atoms with Crippen molar-refractivity contribution in [2.75, 3.05) is 38.4 Å². The Morgan fingerprint density at radius 3 is 2.88 bits per heavy atom. The Hall–Kier alpha value is -2.06. The van der Waals surface area contributed by atoms with Crippen LogP contribution >= 0.6 is 11.8 Å². The van der Waals surface area contributed by atoms with Gasteiger partial charge in [0, 0.05) is 31.0 Å². The molecule has 0 aliphatic carbocycles. The first-order chi connectivity index (χ1) is 12.6. The van der Waals surface area contributed by atoms with Crippen LogP contribution in [0.3, 0.4) is 0 Å². The fourth-order valence-electron chi connectivity index (χ4n) is 3.21. The minimum absolute atomic E-state index is 0.154. The van der Waals surface area contributed by atoms with Gasteiger partial charge in [0.05, 0.1) is 24.6 Å². The zero-order valence-electron chi connectivity index (χ0n) is 14.7. The van der Waals surface area contributed by atoms with Gasteiger partial charge in [-0.25, -0.2) is 4.79 Å². The summed E-state index contributed by atoms with van der Waals surface area (Å²) in [6.45, 7) is 2.02. The van der Waals surface area contributed by atoms with Crippen molar-refractivity contribution < 1.29 is 19.1 Å². The number of carbonyl (C=O) groups is 3. The lowest BCUT2D eigenvalue weighted by Gasteiger charge is -2.19. The summed E-state index contributed by atoms with van der Waals surface area (Å²) in [7, 11) is 1.31. The number of hydrogen-bond donors (Lipinski definition) is 2. The van der Waals surface area contributed by atoms with Crippen molar-refractivity contribution in [1.29, 1.82) is 0 Å². The second-order valence-electron chi connectivity index (χ2n) is 6.48. The Morgan fingerprint density at radius 2 is 2.15 bits per heavy atom. The highest BCUT2D eigenvalue weighted by Gasteiger charge is 2.33. The third-order valence-electron chi connectivity index (χ3n) is 4.68. The molecule has 2 N–H and O–H groups in total. The van der Waals surface area contributed by atoms with Gasteiger partial charge >= 0.3 is 5.97 Å². The number of ether oxygens (including phenoxy) is 1. The lowest BCUT2D eigenvalue weighted by Crippen LogP contribution is -2.42. The molecule has 2 fully saturated rings. The van der Waals surface area contributed by atoms with E-state index in [0.29, 0.717) is 24.2 Å². The fourth-order valence-corrected chi connectivity index (χ4v) is 4.16. The van der Waals surface area contributed by atoms with Crippen molar-refractivity contribution in [2.45, 2.75) is 12.5 Å². The van der Waals surface area contributed by atoms with E-state index in [1.54, 1.807) is 30.0 Å². The molecule has 7 nitrogen and oxygen atoms in total. The molecule has 8 heteroatoms. The number of benzene rings is 1. The number of carbonyl (C=O) groups excluding carboxylic acids is 3. The SMILES string of the molecule is COC(=O)c1cccc(C(=O)NC[C@@H]2CN[C@H](C(=O)N3CCSC3)C2)c1. The number of esters is 1. The number of nitrogens with zero attached hydrogens (tertiary/aromatic N) is 1. The topological polar surface area (TPSA) is 87.7 Å². The first-order valence-electron chi connectivity index (χ1n) is 8.65. The Kier molecular flexibility index (Phi) is 6.16. The van der Waals surface area contributed by atoms with Crippen LogP contribution in [0.15, 0.2) is 24.3 Å². The normalized spacial score (nSPS) is 22.3. The van der Waals surface area contributed by atoms with E-state index < -0.39 is 5.97 Å². The average Bonchev–Trinajstić information content (AvgIpc) is 3.37. The lowest BCUT2D eigenvalue weighted by atomic mass is 10.0. The average molecular weight is 377 g/mol. The Labute approximate surface area is 156 Å². The molecule has 2 aliphatic rings. The van der Waals surface area contributed by atoms with Crippen molar-refractivity contribution >= 4 is 29.5 Å². The van der Waals surface area contributed by atoms with Crippen molar-refractivity contribution in [3.05, 3.63) is 35.4 Å². The predicted octanol–water partition coefficient (Wildman–Crippen LogP) is 0.714. The highest BCUT2D eigenvalue weighted by molar-refractivity contribution is 7.99. The van der Waals surface area contributed by atoms with Gasteiger partial charge in [0.25, 0.3) is 5.91 Å². The molecule has 2 atom stereocenters. The van der Waals surface area contributed by atoms with Crippen LogP contribution in [0.2, 0.25) is 0 Å². The number of rotatable bonds is 5. The maximum Gasteiger partial charge on any atom is 0.337 e. The van der Waals surface area contributed by atoms with Crippen LogP contribution in [0.4, 0.5) is 0 Å². The Bertz CT molecular complexity index is 691. The summed E-state index contributed by atoms with van der Waals surface area (Å²) in [6, 6.07) is 6.28. The third kappa shape index (κ3) is 4.37. The molecule has 1 aromatic carbocycles. The molecule has 3 rings (SSSR count). The molecular weight excluding hydrogens is 354 g/mol. The van der Waals surface area contributed by atoms with Gasteiger partial charge in [-0.05, 0) is 30.5 Å². The van der Waals surface area contributed by atoms with Crippen LogP contribution in [0, 0.1) is 5.92 Å². The van der Waals surface area contributed by atoms with Crippen LogP contribution in [-0.2, 0) is 9.53 Å². The fraction of sp³-hybridized carbons (Fsp3) is 0.500. The largest absolute Gasteiger partial charge is 0.465 e. The summed E-state index contributed by atoms with van der Waals surface area (Å²) in [5, 5.41) is 6.16. The van der Waals surface area contributed by atoms with E-state index in [1.165, 1.54) is 13.2 Å². The molecule has 0 aromatic heterocycles. The zero-order valence-corrected chi connectivity index (χ0v) is 15.5. The number of hydrogen-bond acceptors (Lipinski definition) is 6. The Balaban J connectivity index is 1.49. The van der Waals surface area contributed by atoms with E-state index in [0.717, 1.165) is 24.6 Å². The first kappa shape index (κ1) is 18.7. The van der Waals surface area contributed by atoms with Crippen molar-refractivity contribution in [3.8, 4) is 0 Å². The number of amides is 2. The van der Waals surface area contributed by atoms with E-state index in [4.69, 9.17) is 0 Å². The van der Waals surface area contributed by atoms with E-state index in [9.17, 15) is 14.4 Å². The molecule has 26 heavy (non-hydrogen) atoms. The molecule has 0 saturated carbocycles. The quantitative estimate of drug-likeness (QED) is 0.735. The molecule has 0 radical (unpaired) electrons. The molecule has 2 aliphatic heterocycles. The van der Waals surface area contributed by atoms with E-state index in [-0.39, 0.29) is 23.8 Å². The lowest BCUT2D eigenvalue weighted by molar-refractivity contribution is -0.131. The number of thioether (sulfide) groups is 1. The van der Waals surface area contributed by atoms with Crippen molar-refractivity contribution in [3.63, 3.8) is 0 Å². The van der Waals surface area contributed by atoms with E-state index in [1.807, 2.05) is 4.90 Å². The minimum Gasteiger partial charge on any atom is -0.465 e. The smallest absolute Gasteiger partial charge is 0.337 e. The van der Waals surface area contributed by atoms with Gasteiger partial charge in [-0.2, -0.15) is 0 Å². The summed E-state index contributed by atoms with van der Waals surface area (Å²) in [5.41, 5.74) is 0.761. The second-order valence-corrected chi connectivity index (χ2v) is 7.56. The van der Waals surface area contributed by atoms with Gasteiger partial charge in [0.15, 0.2) is 0 Å². The van der Waals surface area contributed by atoms with Crippen molar-refractivity contribution in [1.82, 2.24) is 15.5 Å². The van der Waals surface area contributed by atoms with Crippen LogP contribution in [0.5, 0.6) is 0 Å². The highest BCUT2D eigenvalue weighted by Crippen LogP contribution is 2.20. The summed E-state index contributed by atoms with van der Waals surface area (Å²) >= 11 is 1.77. The molecule has 0 bridgehead atoms. The zero-order chi connectivity index (χ0) is 18.5. The molecule has 2 heterocycles. The molecule has 2 saturated heterocycles. The molecule has 2 amide bonds. The van der Waals surface area contributed by atoms with Gasteiger partial charge < -0.3 is 20.3 Å². The molecule has 0 unspecified atom stereocenters. The molecular formula is C18H23N3O4S.